The molecule has 2 rings (SSSR count). The lowest BCUT2D eigenvalue weighted by Gasteiger charge is -2.33. The van der Waals surface area contributed by atoms with Gasteiger partial charge in [-0.3, -0.25) is 4.79 Å². The molecule has 1 amide bonds. The Morgan fingerprint density at radius 1 is 1.27 bits per heavy atom. The summed E-state index contributed by atoms with van der Waals surface area (Å²) in [4.78, 5) is 14.2. The zero-order chi connectivity index (χ0) is 10.8. The minimum Gasteiger partial charge on any atom is -0.394 e. The molecule has 0 aromatic heterocycles. The fraction of sp³-hybridized carbons (Fsp3) is 0.917. The van der Waals surface area contributed by atoms with E-state index in [-0.39, 0.29) is 24.5 Å². The van der Waals surface area contributed by atoms with Crippen molar-refractivity contribution in [1.82, 2.24) is 4.90 Å². The van der Waals surface area contributed by atoms with Gasteiger partial charge in [-0.05, 0) is 25.7 Å². The van der Waals surface area contributed by atoms with Crippen LogP contribution in [0.4, 0.5) is 0 Å². The van der Waals surface area contributed by atoms with Gasteiger partial charge in [0, 0.05) is 12.0 Å². The third kappa shape index (κ3) is 2.03. The molecular weight excluding hydrogens is 190 g/mol. The first-order chi connectivity index (χ1) is 7.24. The van der Waals surface area contributed by atoms with Gasteiger partial charge < -0.3 is 10.0 Å². The summed E-state index contributed by atoms with van der Waals surface area (Å²) in [5.41, 5.74) is 0. The van der Waals surface area contributed by atoms with Crippen LogP contribution in [-0.4, -0.2) is 34.6 Å². The summed E-state index contributed by atoms with van der Waals surface area (Å²) >= 11 is 0. The topological polar surface area (TPSA) is 40.5 Å². The van der Waals surface area contributed by atoms with Gasteiger partial charge in [-0.15, -0.1) is 0 Å². The SMILES string of the molecule is C[C@H]1CCCC[C@H]2CC[C@@H](CO)N2C1=O. The Kier molecular flexibility index (Phi) is 3.29. The molecule has 3 atom stereocenters. The quantitative estimate of drug-likeness (QED) is 0.715. The van der Waals surface area contributed by atoms with E-state index in [0.717, 1.165) is 25.7 Å². The molecule has 0 radical (unpaired) electrons. The van der Waals surface area contributed by atoms with Crippen LogP contribution in [0.3, 0.4) is 0 Å². The van der Waals surface area contributed by atoms with E-state index in [9.17, 15) is 9.90 Å². The van der Waals surface area contributed by atoms with Crippen molar-refractivity contribution in [1.29, 1.82) is 0 Å². The molecule has 1 N–H and O–H groups in total. The highest BCUT2D eigenvalue weighted by molar-refractivity contribution is 5.79. The molecule has 3 heteroatoms. The van der Waals surface area contributed by atoms with Crippen LogP contribution in [0.25, 0.3) is 0 Å². The smallest absolute Gasteiger partial charge is 0.225 e. The lowest BCUT2D eigenvalue weighted by Crippen LogP contribution is -2.46. The Labute approximate surface area is 91.5 Å². The fourth-order valence-corrected chi connectivity index (χ4v) is 2.99. The zero-order valence-electron chi connectivity index (χ0n) is 9.48. The summed E-state index contributed by atoms with van der Waals surface area (Å²) in [6.45, 7) is 2.16. The molecule has 2 heterocycles. The van der Waals surface area contributed by atoms with Crippen LogP contribution in [-0.2, 0) is 4.79 Å². The van der Waals surface area contributed by atoms with Crippen LogP contribution in [0, 0.1) is 5.92 Å². The summed E-state index contributed by atoms with van der Waals surface area (Å²) in [6.07, 6.45) is 6.64. The summed E-state index contributed by atoms with van der Waals surface area (Å²) in [5.74, 6) is 0.427. The molecule has 3 nitrogen and oxygen atoms in total. The van der Waals surface area contributed by atoms with E-state index in [1.54, 1.807) is 0 Å². The first kappa shape index (κ1) is 10.9. The number of carbonyl (C=O) groups is 1. The lowest BCUT2D eigenvalue weighted by molar-refractivity contribution is -0.139. The van der Waals surface area contributed by atoms with Gasteiger partial charge >= 0.3 is 0 Å². The number of aliphatic hydroxyl groups is 1. The molecule has 2 fully saturated rings. The number of nitrogens with zero attached hydrogens (tertiary/aromatic N) is 1. The average Bonchev–Trinajstić information content (AvgIpc) is 2.63. The third-order valence-electron chi connectivity index (χ3n) is 3.93. The number of rotatable bonds is 1. The highest BCUT2D eigenvalue weighted by atomic mass is 16.3. The van der Waals surface area contributed by atoms with Crippen molar-refractivity contribution in [3.63, 3.8) is 0 Å². The monoisotopic (exact) mass is 211 g/mol. The second-order valence-corrected chi connectivity index (χ2v) is 5.00. The second-order valence-electron chi connectivity index (χ2n) is 5.00. The maximum absolute atomic E-state index is 12.2. The molecule has 0 aliphatic carbocycles. The minimum absolute atomic E-state index is 0.100. The number of fused-ring (bicyclic) bond motifs is 1. The van der Waals surface area contributed by atoms with E-state index in [1.165, 1.54) is 12.8 Å². The van der Waals surface area contributed by atoms with Gasteiger partial charge in [-0.1, -0.05) is 19.8 Å². The predicted octanol–water partition coefficient (Wildman–Crippen LogP) is 1.55. The van der Waals surface area contributed by atoms with Crippen LogP contribution in [0.5, 0.6) is 0 Å². The zero-order valence-corrected chi connectivity index (χ0v) is 9.48. The van der Waals surface area contributed by atoms with Crippen LogP contribution in [0.15, 0.2) is 0 Å². The molecule has 0 unspecified atom stereocenters. The summed E-state index contributed by atoms with van der Waals surface area (Å²) in [5, 5.41) is 9.28. The van der Waals surface area contributed by atoms with Crippen molar-refractivity contribution in [2.24, 2.45) is 5.92 Å². The maximum atomic E-state index is 12.2. The van der Waals surface area contributed by atoms with Gasteiger partial charge in [0.05, 0.1) is 12.6 Å². The van der Waals surface area contributed by atoms with E-state index in [2.05, 4.69) is 0 Å². The first-order valence-corrected chi connectivity index (χ1v) is 6.17. The lowest BCUT2D eigenvalue weighted by atomic mass is 9.95. The van der Waals surface area contributed by atoms with E-state index in [4.69, 9.17) is 0 Å². The normalized spacial score (nSPS) is 37.3. The van der Waals surface area contributed by atoms with E-state index >= 15 is 0 Å². The minimum atomic E-state index is 0.100. The molecule has 2 aliphatic heterocycles. The maximum Gasteiger partial charge on any atom is 0.225 e. The Hall–Kier alpha value is -0.570. The Bertz CT molecular complexity index is 242. The van der Waals surface area contributed by atoms with Crippen LogP contribution in [0.2, 0.25) is 0 Å². The van der Waals surface area contributed by atoms with Gasteiger partial charge in [-0.25, -0.2) is 0 Å². The molecule has 2 saturated heterocycles. The van der Waals surface area contributed by atoms with Crippen LogP contribution >= 0.6 is 0 Å². The van der Waals surface area contributed by atoms with Crippen molar-refractivity contribution in [2.75, 3.05) is 6.61 Å². The van der Waals surface area contributed by atoms with Gasteiger partial charge in [0.15, 0.2) is 0 Å². The average molecular weight is 211 g/mol. The number of aliphatic hydroxyl groups excluding tert-OH is 1. The van der Waals surface area contributed by atoms with Crippen molar-refractivity contribution < 1.29 is 9.90 Å². The fourth-order valence-electron chi connectivity index (χ4n) is 2.99. The van der Waals surface area contributed by atoms with Crippen LogP contribution in [0.1, 0.15) is 45.4 Å². The Balaban J connectivity index is 2.14. The van der Waals surface area contributed by atoms with E-state index in [0.29, 0.717) is 6.04 Å². The molecular formula is C12H21NO2. The predicted molar refractivity (Wildman–Crippen MR) is 58.4 cm³/mol. The summed E-state index contributed by atoms with van der Waals surface area (Å²) in [6, 6.07) is 0.514. The molecule has 0 spiro atoms. The van der Waals surface area contributed by atoms with Gasteiger partial charge in [0.2, 0.25) is 5.91 Å². The van der Waals surface area contributed by atoms with E-state index in [1.807, 2.05) is 11.8 Å². The third-order valence-corrected chi connectivity index (χ3v) is 3.93. The molecule has 86 valence electrons. The molecule has 0 aromatic carbocycles. The standard InChI is InChI=1S/C12H21NO2/c1-9-4-2-3-5-10-6-7-11(8-14)13(10)12(9)15/h9-11,14H,2-8H2,1H3/t9-,10-,11-/m0/s1. The summed E-state index contributed by atoms with van der Waals surface area (Å²) < 4.78 is 0. The number of hydrogen-bond acceptors (Lipinski definition) is 2. The van der Waals surface area contributed by atoms with E-state index < -0.39 is 0 Å². The first-order valence-electron chi connectivity index (χ1n) is 6.17. The van der Waals surface area contributed by atoms with Crippen molar-refractivity contribution in [3.05, 3.63) is 0 Å². The Morgan fingerprint density at radius 2 is 2.00 bits per heavy atom. The highest BCUT2D eigenvalue weighted by Crippen LogP contribution is 2.32. The van der Waals surface area contributed by atoms with Crippen LogP contribution < -0.4 is 0 Å². The molecule has 15 heavy (non-hydrogen) atoms. The Morgan fingerprint density at radius 3 is 2.73 bits per heavy atom. The molecule has 0 bridgehead atoms. The van der Waals surface area contributed by atoms with Gasteiger partial charge in [0.25, 0.3) is 0 Å². The van der Waals surface area contributed by atoms with Crippen molar-refractivity contribution in [3.8, 4) is 0 Å². The van der Waals surface area contributed by atoms with Gasteiger partial charge in [0.1, 0.15) is 0 Å². The highest BCUT2D eigenvalue weighted by Gasteiger charge is 2.38. The number of hydrogen-bond donors (Lipinski definition) is 1. The number of carbonyl (C=O) groups excluding carboxylic acids is 1. The molecule has 0 saturated carbocycles. The second kappa shape index (κ2) is 4.52. The largest absolute Gasteiger partial charge is 0.394 e. The van der Waals surface area contributed by atoms with Gasteiger partial charge in [-0.2, -0.15) is 0 Å². The number of amides is 1. The molecule has 2 aliphatic rings. The summed E-state index contributed by atoms with van der Waals surface area (Å²) in [7, 11) is 0. The molecule has 0 aromatic rings. The van der Waals surface area contributed by atoms with Crippen molar-refractivity contribution >= 4 is 5.91 Å². The van der Waals surface area contributed by atoms with Crippen molar-refractivity contribution in [2.45, 2.75) is 57.5 Å².